The second kappa shape index (κ2) is 7.57. The third-order valence-corrected chi connectivity index (χ3v) is 4.49. The summed E-state index contributed by atoms with van der Waals surface area (Å²) in [6.07, 6.45) is 1.22. The van der Waals surface area contributed by atoms with Crippen molar-refractivity contribution in [2.75, 3.05) is 20.6 Å². The van der Waals surface area contributed by atoms with E-state index in [-0.39, 0.29) is 5.41 Å². The van der Waals surface area contributed by atoms with E-state index in [1.54, 1.807) is 0 Å². The fraction of sp³-hybridized carbons (Fsp3) is 0.400. The Kier molecular flexibility index (Phi) is 5.76. The molecule has 2 aromatic rings. The van der Waals surface area contributed by atoms with Gasteiger partial charge in [0.25, 0.3) is 0 Å². The van der Waals surface area contributed by atoms with Crippen LogP contribution in [0.2, 0.25) is 0 Å². The van der Waals surface area contributed by atoms with Gasteiger partial charge in [-0.2, -0.15) is 0 Å². The van der Waals surface area contributed by atoms with E-state index in [0.717, 1.165) is 19.4 Å². The second-order valence-electron chi connectivity index (χ2n) is 6.18. The van der Waals surface area contributed by atoms with Crippen LogP contribution in [-0.2, 0) is 5.41 Å². The molecular weight excluding hydrogens is 270 g/mol. The van der Waals surface area contributed by atoms with Gasteiger partial charge < -0.3 is 10.0 Å². The van der Waals surface area contributed by atoms with Gasteiger partial charge in [0.15, 0.2) is 0 Å². The third kappa shape index (κ3) is 3.40. The van der Waals surface area contributed by atoms with Crippen molar-refractivity contribution in [3.05, 3.63) is 71.8 Å². The number of benzene rings is 2. The van der Waals surface area contributed by atoms with E-state index < -0.39 is 6.10 Å². The summed E-state index contributed by atoms with van der Waals surface area (Å²) in [6, 6.07) is 20.9. The summed E-state index contributed by atoms with van der Waals surface area (Å²) in [5.74, 6) is 0. The summed E-state index contributed by atoms with van der Waals surface area (Å²) in [5.41, 5.74) is 2.02. The Hall–Kier alpha value is -1.64. The Labute approximate surface area is 134 Å². The van der Waals surface area contributed by atoms with Crippen molar-refractivity contribution >= 4 is 0 Å². The number of aliphatic hydroxyl groups is 1. The summed E-state index contributed by atoms with van der Waals surface area (Å²) in [7, 11) is 4.16. The molecule has 0 fully saturated rings. The minimum absolute atomic E-state index is 0.360. The van der Waals surface area contributed by atoms with E-state index in [2.05, 4.69) is 74.4 Å². The van der Waals surface area contributed by atoms with Crippen molar-refractivity contribution in [1.29, 1.82) is 0 Å². The Morgan fingerprint density at radius 2 is 1.36 bits per heavy atom. The van der Waals surface area contributed by atoms with Gasteiger partial charge in [-0.1, -0.05) is 67.6 Å². The zero-order chi connectivity index (χ0) is 16.0. The van der Waals surface area contributed by atoms with Crippen LogP contribution in [0.25, 0.3) is 0 Å². The van der Waals surface area contributed by atoms with Gasteiger partial charge in [0, 0.05) is 5.41 Å². The van der Waals surface area contributed by atoms with E-state index in [1.807, 2.05) is 12.1 Å². The highest BCUT2D eigenvalue weighted by atomic mass is 16.3. The molecule has 2 rings (SSSR count). The molecule has 0 aliphatic heterocycles. The smallest absolute Gasteiger partial charge is 0.0675 e. The molecule has 1 N–H and O–H groups in total. The zero-order valence-electron chi connectivity index (χ0n) is 13.9. The van der Waals surface area contributed by atoms with E-state index in [1.165, 1.54) is 11.1 Å². The molecule has 0 unspecified atom stereocenters. The molecule has 0 amide bonds. The molecule has 0 spiro atoms. The standard InChI is InChI=1S/C20H27NO/c1-4-19(22)20(15-16-21(2)3,17-11-7-5-8-12-17)18-13-9-6-10-14-18/h5-14,19,22H,4,15-16H2,1-3H3/t19-/m1/s1. The molecule has 0 aliphatic carbocycles. The lowest BCUT2D eigenvalue weighted by molar-refractivity contribution is 0.0876. The largest absolute Gasteiger partial charge is 0.392 e. The zero-order valence-corrected chi connectivity index (χ0v) is 13.9. The molecule has 0 saturated heterocycles. The van der Waals surface area contributed by atoms with Crippen LogP contribution < -0.4 is 0 Å². The molecule has 2 nitrogen and oxygen atoms in total. The normalized spacial score (nSPS) is 13.3. The lowest BCUT2D eigenvalue weighted by Gasteiger charge is -2.40. The molecule has 0 bridgehead atoms. The van der Waals surface area contributed by atoms with Gasteiger partial charge in [0.2, 0.25) is 0 Å². The highest BCUT2D eigenvalue weighted by Crippen LogP contribution is 2.40. The molecule has 0 saturated carbocycles. The summed E-state index contributed by atoms with van der Waals surface area (Å²) in [5, 5.41) is 11.0. The van der Waals surface area contributed by atoms with E-state index >= 15 is 0 Å². The molecule has 22 heavy (non-hydrogen) atoms. The van der Waals surface area contributed by atoms with Crippen LogP contribution in [-0.4, -0.2) is 36.8 Å². The highest BCUT2D eigenvalue weighted by Gasteiger charge is 2.40. The lowest BCUT2D eigenvalue weighted by atomic mass is 9.67. The first kappa shape index (κ1) is 16.7. The molecule has 0 heterocycles. The average Bonchev–Trinajstić information content (AvgIpc) is 2.57. The highest BCUT2D eigenvalue weighted by molar-refractivity contribution is 5.41. The summed E-state index contributed by atoms with van der Waals surface area (Å²) in [4.78, 5) is 2.18. The summed E-state index contributed by atoms with van der Waals surface area (Å²) >= 11 is 0. The monoisotopic (exact) mass is 297 g/mol. The van der Waals surface area contributed by atoms with Crippen molar-refractivity contribution in [2.45, 2.75) is 31.3 Å². The Bertz CT molecular complexity index is 511. The van der Waals surface area contributed by atoms with Crippen LogP contribution in [0.5, 0.6) is 0 Å². The van der Waals surface area contributed by atoms with Crippen molar-refractivity contribution in [3.63, 3.8) is 0 Å². The van der Waals surface area contributed by atoms with Gasteiger partial charge in [-0.15, -0.1) is 0 Å². The van der Waals surface area contributed by atoms with Crippen LogP contribution in [0.1, 0.15) is 30.9 Å². The van der Waals surface area contributed by atoms with Crippen molar-refractivity contribution in [3.8, 4) is 0 Å². The summed E-state index contributed by atoms with van der Waals surface area (Å²) in [6.45, 7) is 2.99. The molecule has 1 atom stereocenters. The first-order chi connectivity index (χ1) is 10.6. The van der Waals surface area contributed by atoms with Crippen LogP contribution in [0.3, 0.4) is 0 Å². The van der Waals surface area contributed by atoms with Crippen molar-refractivity contribution < 1.29 is 5.11 Å². The number of hydrogen-bond acceptors (Lipinski definition) is 2. The van der Waals surface area contributed by atoms with Crippen molar-refractivity contribution in [2.24, 2.45) is 0 Å². The SMILES string of the molecule is CC[C@@H](O)C(CCN(C)C)(c1ccccc1)c1ccccc1. The maximum Gasteiger partial charge on any atom is 0.0675 e. The average molecular weight is 297 g/mol. The van der Waals surface area contributed by atoms with Crippen LogP contribution in [0.15, 0.2) is 60.7 Å². The fourth-order valence-electron chi connectivity index (χ4n) is 3.23. The number of nitrogens with zero attached hydrogens (tertiary/aromatic N) is 1. The number of hydrogen-bond donors (Lipinski definition) is 1. The molecular formula is C20H27NO. The third-order valence-electron chi connectivity index (χ3n) is 4.49. The first-order valence-corrected chi connectivity index (χ1v) is 8.05. The van der Waals surface area contributed by atoms with Crippen LogP contribution >= 0.6 is 0 Å². The van der Waals surface area contributed by atoms with Gasteiger partial charge in [-0.05, 0) is 44.6 Å². The molecule has 0 aromatic heterocycles. The first-order valence-electron chi connectivity index (χ1n) is 8.05. The molecule has 0 aliphatic rings. The summed E-state index contributed by atoms with van der Waals surface area (Å²) < 4.78 is 0. The molecule has 118 valence electrons. The van der Waals surface area contributed by atoms with Gasteiger partial charge in [0.05, 0.1) is 6.10 Å². The molecule has 2 aromatic carbocycles. The fourth-order valence-corrected chi connectivity index (χ4v) is 3.23. The van der Waals surface area contributed by atoms with E-state index in [0.29, 0.717) is 0 Å². The van der Waals surface area contributed by atoms with E-state index in [9.17, 15) is 5.11 Å². The number of aliphatic hydroxyl groups excluding tert-OH is 1. The quantitative estimate of drug-likeness (QED) is 0.842. The topological polar surface area (TPSA) is 23.5 Å². The Morgan fingerprint density at radius 3 is 1.73 bits per heavy atom. The lowest BCUT2D eigenvalue weighted by Crippen LogP contribution is -2.42. The van der Waals surface area contributed by atoms with Crippen LogP contribution in [0, 0.1) is 0 Å². The Balaban J connectivity index is 2.58. The maximum absolute atomic E-state index is 11.0. The van der Waals surface area contributed by atoms with Gasteiger partial charge >= 0.3 is 0 Å². The van der Waals surface area contributed by atoms with Gasteiger partial charge in [-0.3, -0.25) is 0 Å². The predicted octanol–water partition coefficient (Wildman–Crippen LogP) is 3.70. The number of rotatable bonds is 7. The molecule has 2 heteroatoms. The molecule has 0 radical (unpaired) electrons. The van der Waals surface area contributed by atoms with Gasteiger partial charge in [-0.25, -0.2) is 0 Å². The van der Waals surface area contributed by atoms with E-state index in [4.69, 9.17) is 0 Å². The van der Waals surface area contributed by atoms with Gasteiger partial charge in [0.1, 0.15) is 0 Å². The van der Waals surface area contributed by atoms with Crippen molar-refractivity contribution in [1.82, 2.24) is 4.90 Å². The predicted molar refractivity (Wildman–Crippen MR) is 93.1 cm³/mol. The maximum atomic E-state index is 11.0. The minimum atomic E-state index is -0.405. The minimum Gasteiger partial charge on any atom is -0.392 e. The van der Waals surface area contributed by atoms with Crippen LogP contribution in [0.4, 0.5) is 0 Å². The Morgan fingerprint density at radius 1 is 0.909 bits per heavy atom. The second-order valence-corrected chi connectivity index (χ2v) is 6.18.